The van der Waals surface area contributed by atoms with Gasteiger partial charge in [-0.05, 0) is 37.3 Å². The Morgan fingerprint density at radius 1 is 1.29 bits per heavy atom. The lowest BCUT2D eigenvalue weighted by Gasteiger charge is -2.13. The van der Waals surface area contributed by atoms with Crippen LogP contribution in [-0.4, -0.2) is 4.98 Å². The minimum Gasteiger partial charge on any atom is -0.319 e. The number of halogens is 2. The van der Waals surface area contributed by atoms with E-state index in [2.05, 4.69) is 20.9 Å². The molecule has 0 aliphatic heterocycles. The zero-order valence-corrected chi connectivity index (χ0v) is 10.9. The minimum absolute atomic E-state index is 0.316. The number of nitrogens with two attached hydrogens (primary N) is 1. The van der Waals surface area contributed by atoms with Crippen LogP contribution in [0.5, 0.6) is 0 Å². The maximum Gasteiger partial charge on any atom is 0.128 e. The van der Waals surface area contributed by atoms with E-state index in [0.717, 1.165) is 10.2 Å². The second-order valence-electron chi connectivity index (χ2n) is 3.85. The third-order valence-corrected chi connectivity index (χ3v) is 3.01. The highest BCUT2D eigenvalue weighted by Crippen LogP contribution is 2.24. The molecule has 2 nitrogen and oxygen atoms in total. The largest absolute Gasteiger partial charge is 0.319 e. The summed E-state index contributed by atoms with van der Waals surface area (Å²) in [6.07, 6.45) is 0. The third kappa shape index (κ3) is 2.70. The Bertz CT molecular complexity index is 543. The summed E-state index contributed by atoms with van der Waals surface area (Å²) in [5.41, 5.74) is 8.01. The molecule has 0 spiro atoms. The van der Waals surface area contributed by atoms with E-state index < -0.39 is 6.04 Å². The van der Waals surface area contributed by atoms with Crippen LogP contribution < -0.4 is 5.73 Å². The van der Waals surface area contributed by atoms with E-state index >= 15 is 0 Å². The number of pyridine rings is 1. The first-order chi connectivity index (χ1) is 8.08. The molecule has 1 aromatic heterocycles. The standard InChI is InChI=1S/C13H12BrFN2/c1-8-3-2-4-12(17-8)13(16)10-7-9(14)5-6-11(10)15/h2-7,13H,16H2,1H3. The van der Waals surface area contributed by atoms with Crippen molar-refractivity contribution in [2.45, 2.75) is 13.0 Å². The molecule has 88 valence electrons. The lowest BCUT2D eigenvalue weighted by Crippen LogP contribution is -2.15. The van der Waals surface area contributed by atoms with Gasteiger partial charge in [-0.15, -0.1) is 0 Å². The van der Waals surface area contributed by atoms with E-state index in [1.165, 1.54) is 6.07 Å². The van der Waals surface area contributed by atoms with Crippen LogP contribution in [0.1, 0.15) is 23.0 Å². The van der Waals surface area contributed by atoms with E-state index in [1.807, 2.05) is 19.1 Å². The van der Waals surface area contributed by atoms with Crippen LogP contribution in [0, 0.1) is 12.7 Å². The van der Waals surface area contributed by atoms with Gasteiger partial charge in [0.1, 0.15) is 5.82 Å². The van der Waals surface area contributed by atoms with Crippen molar-refractivity contribution in [1.29, 1.82) is 0 Å². The van der Waals surface area contributed by atoms with E-state index in [1.54, 1.807) is 18.2 Å². The van der Waals surface area contributed by atoms with Gasteiger partial charge >= 0.3 is 0 Å². The number of aromatic nitrogens is 1. The highest BCUT2D eigenvalue weighted by Gasteiger charge is 2.15. The zero-order valence-electron chi connectivity index (χ0n) is 9.32. The average molecular weight is 295 g/mol. The third-order valence-electron chi connectivity index (χ3n) is 2.52. The Balaban J connectivity index is 2.43. The predicted octanol–water partition coefficient (Wildman–Crippen LogP) is 3.34. The van der Waals surface area contributed by atoms with E-state index in [9.17, 15) is 4.39 Å². The van der Waals surface area contributed by atoms with Crippen LogP contribution >= 0.6 is 15.9 Å². The number of nitrogens with zero attached hydrogens (tertiary/aromatic N) is 1. The first kappa shape index (κ1) is 12.2. The smallest absolute Gasteiger partial charge is 0.128 e. The van der Waals surface area contributed by atoms with Gasteiger partial charge in [-0.25, -0.2) is 4.39 Å². The molecular weight excluding hydrogens is 283 g/mol. The van der Waals surface area contributed by atoms with E-state index in [4.69, 9.17) is 5.73 Å². The van der Waals surface area contributed by atoms with Gasteiger partial charge in [-0.1, -0.05) is 22.0 Å². The van der Waals surface area contributed by atoms with Gasteiger partial charge in [0.2, 0.25) is 0 Å². The molecule has 0 saturated heterocycles. The zero-order chi connectivity index (χ0) is 12.4. The first-order valence-corrected chi connectivity index (χ1v) is 6.01. The van der Waals surface area contributed by atoms with Gasteiger partial charge in [0.15, 0.2) is 0 Å². The van der Waals surface area contributed by atoms with Crippen molar-refractivity contribution in [2.24, 2.45) is 5.73 Å². The molecule has 0 aliphatic rings. The lowest BCUT2D eigenvalue weighted by atomic mass is 10.0. The van der Waals surface area contributed by atoms with Crippen molar-refractivity contribution in [3.63, 3.8) is 0 Å². The normalized spacial score (nSPS) is 12.5. The molecule has 4 heteroatoms. The molecule has 0 aliphatic carbocycles. The predicted molar refractivity (Wildman–Crippen MR) is 69.1 cm³/mol. The summed E-state index contributed by atoms with van der Waals surface area (Å²) in [7, 11) is 0. The Labute approximate surface area is 108 Å². The van der Waals surface area contributed by atoms with Crippen molar-refractivity contribution in [2.75, 3.05) is 0 Å². The molecule has 2 N–H and O–H groups in total. The molecule has 0 amide bonds. The summed E-state index contributed by atoms with van der Waals surface area (Å²) in [5.74, 6) is -0.316. The van der Waals surface area contributed by atoms with Crippen LogP contribution in [0.15, 0.2) is 40.9 Å². The Hall–Kier alpha value is -1.26. The molecular formula is C13H12BrFN2. The molecule has 1 atom stereocenters. The Morgan fingerprint density at radius 3 is 2.76 bits per heavy atom. The quantitative estimate of drug-likeness (QED) is 0.923. The van der Waals surface area contributed by atoms with E-state index in [-0.39, 0.29) is 5.82 Å². The fraction of sp³-hybridized carbons (Fsp3) is 0.154. The number of hydrogen-bond acceptors (Lipinski definition) is 2. The summed E-state index contributed by atoms with van der Waals surface area (Å²) >= 11 is 3.31. The van der Waals surface area contributed by atoms with Crippen LogP contribution in [0.4, 0.5) is 4.39 Å². The van der Waals surface area contributed by atoms with Crippen LogP contribution in [0.25, 0.3) is 0 Å². The number of aryl methyl sites for hydroxylation is 1. The molecule has 1 heterocycles. The maximum atomic E-state index is 13.7. The van der Waals surface area contributed by atoms with Gasteiger partial charge in [0.05, 0.1) is 11.7 Å². The fourth-order valence-electron chi connectivity index (χ4n) is 1.65. The fourth-order valence-corrected chi connectivity index (χ4v) is 2.03. The molecule has 0 saturated carbocycles. The van der Waals surface area contributed by atoms with E-state index in [0.29, 0.717) is 11.3 Å². The molecule has 2 aromatic rings. The average Bonchev–Trinajstić information content (AvgIpc) is 2.31. The topological polar surface area (TPSA) is 38.9 Å². The van der Waals surface area contributed by atoms with Crippen molar-refractivity contribution in [3.8, 4) is 0 Å². The number of rotatable bonds is 2. The molecule has 0 radical (unpaired) electrons. The molecule has 1 unspecified atom stereocenters. The second kappa shape index (κ2) is 4.94. The molecule has 17 heavy (non-hydrogen) atoms. The monoisotopic (exact) mass is 294 g/mol. The number of benzene rings is 1. The summed E-state index contributed by atoms with van der Waals surface area (Å²) in [6, 6.07) is 9.74. The van der Waals surface area contributed by atoms with Crippen molar-refractivity contribution in [3.05, 3.63) is 63.6 Å². The second-order valence-corrected chi connectivity index (χ2v) is 4.76. The minimum atomic E-state index is -0.549. The van der Waals surface area contributed by atoms with Crippen LogP contribution in [-0.2, 0) is 0 Å². The summed E-state index contributed by atoms with van der Waals surface area (Å²) in [6.45, 7) is 1.88. The van der Waals surface area contributed by atoms with Crippen molar-refractivity contribution < 1.29 is 4.39 Å². The Kier molecular flexibility index (Phi) is 3.54. The maximum absolute atomic E-state index is 13.7. The number of hydrogen-bond donors (Lipinski definition) is 1. The highest BCUT2D eigenvalue weighted by atomic mass is 79.9. The van der Waals surface area contributed by atoms with Gasteiger partial charge in [0.25, 0.3) is 0 Å². The molecule has 0 bridgehead atoms. The van der Waals surface area contributed by atoms with Crippen molar-refractivity contribution >= 4 is 15.9 Å². The highest BCUT2D eigenvalue weighted by molar-refractivity contribution is 9.10. The summed E-state index contributed by atoms with van der Waals surface area (Å²) in [4.78, 5) is 4.31. The van der Waals surface area contributed by atoms with Crippen LogP contribution in [0.3, 0.4) is 0 Å². The van der Waals surface area contributed by atoms with Gasteiger partial charge < -0.3 is 5.73 Å². The summed E-state index contributed by atoms with van der Waals surface area (Å²) < 4.78 is 14.5. The lowest BCUT2D eigenvalue weighted by molar-refractivity contribution is 0.596. The first-order valence-electron chi connectivity index (χ1n) is 5.22. The van der Waals surface area contributed by atoms with Crippen molar-refractivity contribution in [1.82, 2.24) is 4.98 Å². The molecule has 2 rings (SSSR count). The van der Waals surface area contributed by atoms with Gasteiger partial charge in [-0.2, -0.15) is 0 Å². The molecule has 0 fully saturated rings. The molecule has 1 aromatic carbocycles. The van der Waals surface area contributed by atoms with Gasteiger partial charge in [0, 0.05) is 15.7 Å². The van der Waals surface area contributed by atoms with Crippen LogP contribution in [0.2, 0.25) is 0 Å². The summed E-state index contributed by atoms with van der Waals surface area (Å²) in [5, 5.41) is 0. The SMILES string of the molecule is Cc1cccc(C(N)c2cc(Br)ccc2F)n1. The van der Waals surface area contributed by atoms with Gasteiger partial charge in [-0.3, -0.25) is 4.98 Å². The Morgan fingerprint density at radius 2 is 2.06 bits per heavy atom.